The van der Waals surface area contributed by atoms with Crippen LogP contribution in [0.3, 0.4) is 0 Å². The highest BCUT2D eigenvalue weighted by molar-refractivity contribution is 6.99. The van der Waals surface area contributed by atoms with Gasteiger partial charge in [0.05, 0.1) is 6.61 Å². The average Bonchev–Trinajstić information content (AvgIpc) is 2.90. The van der Waals surface area contributed by atoms with Gasteiger partial charge in [-0.25, -0.2) is 0 Å². The van der Waals surface area contributed by atoms with Crippen LogP contribution >= 0.6 is 0 Å². The first kappa shape index (κ1) is 33.7. The van der Waals surface area contributed by atoms with Crippen LogP contribution in [0, 0.1) is 16.7 Å². The maximum absolute atomic E-state index is 12.6. The van der Waals surface area contributed by atoms with Crippen molar-refractivity contribution in [3.63, 3.8) is 0 Å². The maximum atomic E-state index is 12.6. The van der Waals surface area contributed by atoms with E-state index in [4.69, 9.17) is 8.85 Å². The van der Waals surface area contributed by atoms with Crippen molar-refractivity contribution in [1.29, 1.82) is 0 Å². The molecule has 3 atom stereocenters. The topological polar surface area (TPSA) is 35.5 Å². The van der Waals surface area contributed by atoms with E-state index in [-0.39, 0.29) is 21.4 Å². The van der Waals surface area contributed by atoms with Crippen molar-refractivity contribution >= 4 is 33.3 Å². The number of hydrogen-bond acceptors (Lipinski definition) is 3. The lowest BCUT2D eigenvalue weighted by Gasteiger charge is -2.49. The third-order valence-electron chi connectivity index (χ3n) is 10.4. The summed E-state index contributed by atoms with van der Waals surface area (Å²) < 4.78 is 13.9. The van der Waals surface area contributed by atoms with Gasteiger partial charge in [0.15, 0.2) is 8.32 Å². The fraction of sp³-hybridized carbons (Fsp3) is 0.583. The molecule has 3 nitrogen and oxygen atoms in total. The SMILES string of the molecule is C[C@H]1C[C@@](C)(C=O)[C@](C)(CCCO[Si](C)(C)C(C)(C)C)C=C1CO[Si](c1ccccc1)(c1ccccc1)C(C)(C)C. The molecule has 0 unspecified atom stereocenters. The Morgan fingerprint density at radius 1 is 0.854 bits per heavy atom. The molecule has 0 spiro atoms. The minimum atomic E-state index is -2.65. The molecule has 41 heavy (non-hydrogen) atoms. The zero-order valence-electron chi connectivity index (χ0n) is 27.8. The highest BCUT2D eigenvalue weighted by Crippen LogP contribution is 2.52. The molecule has 0 aromatic heterocycles. The standard InChI is InChI=1S/C36H56O3Si2/c1-29-25-36(9,28-37)35(8,23-18-24-38-40(10,11)33(2,3)4)26-30(29)27-39-41(34(5,6)7,31-19-14-12-15-20-31)32-21-16-13-17-22-32/h12-17,19-22,26,28-29H,18,23-25,27H2,1-11H3/t29-,35+,36-/m0/s1. The second-order valence-electron chi connectivity index (χ2n) is 15.4. The number of carbonyl (C=O) groups excluding carboxylic acids is 1. The van der Waals surface area contributed by atoms with Crippen molar-refractivity contribution in [3.05, 3.63) is 72.3 Å². The monoisotopic (exact) mass is 592 g/mol. The van der Waals surface area contributed by atoms with E-state index in [1.54, 1.807) is 0 Å². The van der Waals surface area contributed by atoms with Gasteiger partial charge in [-0.1, -0.05) is 129 Å². The third kappa shape index (κ3) is 6.90. The molecule has 0 radical (unpaired) electrons. The first-order chi connectivity index (χ1) is 18.9. The molecular formula is C36H56O3Si2. The summed E-state index contributed by atoms with van der Waals surface area (Å²) in [5, 5.41) is 2.72. The van der Waals surface area contributed by atoms with Crippen LogP contribution in [0.15, 0.2) is 72.3 Å². The minimum absolute atomic E-state index is 0.0735. The number of rotatable bonds is 11. The smallest absolute Gasteiger partial charge is 0.261 e. The Balaban J connectivity index is 1.95. The predicted octanol–water partition coefficient (Wildman–Crippen LogP) is 8.54. The van der Waals surface area contributed by atoms with Crippen LogP contribution in [0.2, 0.25) is 23.2 Å². The Labute approximate surface area is 253 Å². The van der Waals surface area contributed by atoms with Crippen LogP contribution in [0.5, 0.6) is 0 Å². The van der Waals surface area contributed by atoms with Gasteiger partial charge in [0.1, 0.15) is 6.29 Å². The fourth-order valence-corrected chi connectivity index (χ4v) is 12.0. The van der Waals surface area contributed by atoms with Gasteiger partial charge in [-0.3, -0.25) is 0 Å². The van der Waals surface area contributed by atoms with Crippen LogP contribution in [0.25, 0.3) is 0 Å². The van der Waals surface area contributed by atoms with Crippen molar-refractivity contribution < 1.29 is 13.6 Å². The third-order valence-corrected chi connectivity index (χ3v) is 19.9. The van der Waals surface area contributed by atoms with Crippen molar-refractivity contribution in [2.45, 2.75) is 105 Å². The second kappa shape index (κ2) is 12.4. The Bertz CT molecular complexity index is 1140. The molecule has 1 aliphatic rings. The predicted molar refractivity (Wildman–Crippen MR) is 180 cm³/mol. The molecule has 0 saturated heterocycles. The van der Waals surface area contributed by atoms with Gasteiger partial charge in [0.2, 0.25) is 0 Å². The summed E-state index contributed by atoms with van der Waals surface area (Å²) >= 11 is 0. The zero-order valence-corrected chi connectivity index (χ0v) is 29.8. The molecule has 0 N–H and O–H groups in total. The normalized spacial score (nSPS) is 24.2. The zero-order chi connectivity index (χ0) is 30.7. The van der Waals surface area contributed by atoms with Crippen molar-refractivity contribution in [2.24, 2.45) is 16.7 Å². The largest absolute Gasteiger partial charge is 0.417 e. The lowest BCUT2D eigenvalue weighted by Crippen LogP contribution is -2.66. The van der Waals surface area contributed by atoms with Gasteiger partial charge < -0.3 is 13.6 Å². The summed E-state index contributed by atoms with van der Waals surface area (Å²) in [5.74, 6) is 0.278. The quantitative estimate of drug-likeness (QED) is 0.114. The maximum Gasteiger partial charge on any atom is 0.261 e. The molecule has 226 valence electrons. The summed E-state index contributed by atoms with van der Waals surface area (Å²) in [6, 6.07) is 21.7. The lowest BCUT2D eigenvalue weighted by molar-refractivity contribution is -0.122. The number of benzene rings is 2. The first-order valence-corrected chi connectivity index (χ1v) is 20.3. The van der Waals surface area contributed by atoms with Crippen molar-refractivity contribution in [3.8, 4) is 0 Å². The average molecular weight is 593 g/mol. The molecule has 0 aliphatic heterocycles. The van der Waals surface area contributed by atoms with E-state index in [0.717, 1.165) is 25.9 Å². The first-order valence-electron chi connectivity index (χ1n) is 15.5. The van der Waals surface area contributed by atoms with Gasteiger partial charge in [-0.2, -0.15) is 0 Å². The van der Waals surface area contributed by atoms with Gasteiger partial charge in [0, 0.05) is 12.0 Å². The van der Waals surface area contributed by atoms with Crippen molar-refractivity contribution in [1.82, 2.24) is 0 Å². The molecule has 0 fully saturated rings. The minimum Gasteiger partial charge on any atom is -0.417 e. The second-order valence-corrected chi connectivity index (χ2v) is 24.6. The van der Waals surface area contributed by atoms with Crippen LogP contribution in [0.1, 0.15) is 81.6 Å². The van der Waals surface area contributed by atoms with E-state index in [1.807, 2.05) is 0 Å². The summed E-state index contributed by atoms with van der Waals surface area (Å²) in [7, 11) is -4.45. The number of hydrogen-bond donors (Lipinski definition) is 0. The van der Waals surface area contributed by atoms with Gasteiger partial charge >= 0.3 is 0 Å². The molecule has 0 bridgehead atoms. The molecule has 3 rings (SSSR count). The fourth-order valence-electron chi connectivity index (χ4n) is 6.38. The van der Waals surface area contributed by atoms with Crippen LogP contribution in [-0.2, 0) is 13.6 Å². The van der Waals surface area contributed by atoms with Crippen LogP contribution in [-0.4, -0.2) is 36.1 Å². The van der Waals surface area contributed by atoms with E-state index in [9.17, 15) is 4.79 Å². The van der Waals surface area contributed by atoms with Crippen LogP contribution in [0.4, 0.5) is 0 Å². The Kier molecular flexibility index (Phi) is 10.2. The van der Waals surface area contributed by atoms with E-state index in [1.165, 1.54) is 22.2 Å². The van der Waals surface area contributed by atoms with Crippen LogP contribution < -0.4 is 10.4 Å². The summed E-state index contributed by atoms with van der Waals surface area (Å²) in [6.07, 6.45) is 6.34. The van der Waals surface area contributed by atoms with E-state index < -0.39 is 22.0 Å². The van der Waals surface area contributed by atoms with E-state index in [0.29, 0.717) is 6.61 Å². The summed E-state index contributed by atoms with van der Waals surface area (Å²) in [6.45, 7) is 26.5. The number of carbonyl (C=O) groups is 1. The van der Waals surface area contributed by atoms with Gasteiger partial charge in [-0.05, 0) is 69.7 Å². The van der Waals surface area contributed by atoms with Gasteiger partial charge in [0.25, 0.3) is 8.32 Å². The molecule has 0 saturated carbocycles. The molecular weight excluding hydrogens is 537 g/mol. The highest BCUT2D eigenvalue weighted by Gasteiger charge is 2.52. The molecule has 0 heterocycles. The van der Waals surface area contributed by atoms with E-state index in [2.05, 4.69) is 142 Å². The Morgan fingerprint density at radius 2 is 1.37 bits per heavy atom. The molecule has 2 aromatic carbocycles. The Hall–Kier alpha value is -1.80. The molecule has 0 amide bonds. The highest BCUT2D eigenvalue weighted by atomic mass is 28.4. The number of allylic oxidation sites excluding steroid dienone is 1. The molecule has 1 aliphatic carbocycles. The van der Waals surface area contributed by atoms with Gasteiger partial charge in [-0.15, -0.1) is 0 Å². The summed E-state index contributed by atoms with van der Waals surface area (Å²) in [5.41, 5.74) is 0.664. The number of aldehydes is 1. The Morgan fingerprint density at radius 3 is 1.80 bits per heavy atom. The van der Waals surface area contributed by atoms with Crippen molar-refractivity contribution in [2.75, 3.05) is 13.2 Å². The summed E-state index contributed by atoms with van der Waals surface area (Å²) in [4.78, 5) is 12.6. The molecule has 2 aromatic rings. The molecule has 5 heteroatoms. The van der Waals surface area contributed by atoms with E-state index >= 15 is 0 Å². The lowest BCUT2D eigenvalue weighted by atomic mass is 9.56.